The number of amides is 4. The van der Waals surface area contributed by atoms with E-state index in [9.17, 15) is 24.5 Å². The molecule has 2 heterocycles. The number of nitro benzene ring substituents is 1. The lowest BCUT2D eigenvalue weighted by molar-refractivity contribution is -0.384. The summed E-state index contributed by atoms with van der Waals surface area (Å²) >= 11 is 0. The lowest BCUT2D eigenvalue weighted by Crippen LogP contribution is -2.72. The van der Waals surface area contributed by atoms with E-state index in [1.54, 1.807) is 43.4 Å². The first kappa shape index (κ1) is 20.5. The molecule has 160 valence electrons. The second kappa shape index (κ2) is 7.50. The molecule has 2 aliphatic rings. The van der Waals surface area contributed by atoms with Crippen LogP contribution in [0.5, 0.6) is 0 Å². The molecule has 0 unspecified atom stereocenters. The van der Waals surface area contributed by atoms with Crippen molar-refractivity contribution in [1.29, 1.82) is 0 Å². The maximum Gasteiger partial charge on any atom is 0.335 e. The van der Waals surface area contributed by atoms with E-state index in [0.29, 0.717) is 24.1 Å². The van der Waals surface area contributed by atoms with Crippen LogP contribution in [0.1, 0.15) is 25.3 Å². The normalized spacial score (nSPS) is 23.0. The highest BCUT2D eigenvalue weighted by molar-refractivity contribution is 6.30. The van der Waals surface area contributed by atoms with Gasteiger partial charge >= 0.3 is 6.03 Å². The maximum absolute atomic E-state index is 13.9. The molecule has 0 radical (unpaired) electrons. The van der Waals surface area contributed by atoms with Crippen molar-refractivity contribution in [2.75, 3.05) is 16.8 Å². The maximum atomic E-state index is 13.9. The molecule has 1 fully saturated rings. The molecule has 0 aromatic heterocycles. The van der Waals surface area contributed by atoms with Gasteiger partial charge < -0.3 is 4.90 Å². The van der Waals surface area contributed by atoms with Crippen molar-refractivity contribution in [2.45, 2.75) is 32.2 Å². The summed E-state index contributed by atoms with van der Waals surface area (Å²) in [5, 5.41) is 13.7. The van der Waals surface area contributed by atoms with Crippen LogP contribution in [-0.4, -0.2) is 35.9 Å². The van der Waals surface area contributed by atoms with Gasteiger partial charge in [0.2, 0.25) is 5.91 Å². The first-order chi connectivity index (χ1) is 14.8. The number of hydrogen-bond acceptors (Lipinski definition) is 6. The zero-order valence-electron chi connectivity index (χ0n) is 17.2. The van der Waals surface area contributed by atoms with Crippen LogP contribution in [0.4, 0.5) is 21.9 Å². The highest BCUT2D eigenvalue weighted by atomic mass is 16.6. The topological polar surface area (TPSA) is 113 Å². The molecule has 2 atom stereocenters. The van der Waals surface area contributed by atoms with Gasteiger partial charge in [-0.05, 0) is 30.2 Å². The lowest BCUT2D eigenvalue weighted by atomic mass is 9.67. The van der Waals surface area contributed by atoms with Crippen molar-refractivity contribution >= 4 is 34.9 Å². The quantitative estimate of drug-likeness (QED) is 0.460. The molecule has 9 nitrogen and oxygen atoms in total. The minimum atomic E-state index is -1.59. The molecule has 1 spiro atoms. The summed E-state index contributed by atoms with van der Waals surface area (Å²) in [6.07, 6.45) is 1.21. The standard InChI is InChI=1S/C22H22N4O5/c1-3-7-18-22(13-14-12-16(26(30)31)10-11-17(14)24(18)2)19(27)23-21(29)25(20(22)28)15-8-5-4-6-9-15/h4-6,8-12,18H,3,7,13H2,1-2H3,(H,23,27,29)/t18-,22+/m0/s1. The molecule has 4 amide bonds. The fraction of sp³-hybridized carbons (Fsp3) is 0.318. The first-order valence-electron chi connectivity index (χ1n) is 10.1. The SMILES string of the molecule is CCC[C@@H]1N(C)c2ccc([N+](=O)[O-])cc2C[C@]12C(=O)NC(=O)N(c1ccccc1)C2=O. The van der Waals surface area contributed by atoms with Gasteiger partial charge in [-0.1, -0.05) is 31.5 Å². The number of nitro groups is 1. The van der Waals surface area contributed by atoms with Crippen molar-refractivity contribution in [1.82, 2.24) is 5.32 Å². The summed E-state index contributed by atoms with van der Waals surface area (Å²) in [5.74, 6) is -1.29. The van der Waals surface area contributed by atoms with Crippen LogP contribution >= 0.6 is 0 Å². The van der Waals surface area contributed by atoms with Gasteiger partial charge in [-0.25, -0.2) is 9.69 Å². The van der Waals surface area contributed by atoms with Crippen LogP contribution in [0.25, 0.3) is 0 Å². The first-order valence-corrected chi connectivity index (χ1v) is 10.1. The number of hydrogen-bond donors (Lipinski definition) is 1. The van der Waals surface area contributed by atoms with Gasteiger partial charge in [-0.15, -0.1) is 0 Å². The molecule has 4 rings (SSSR count). The molecule has 0 saturated carbocycles. The highest BCUT2D eigenvalue weighted by Crippen LogP contribution is 2.46. The molecule has 2 aromatic rings. The third kappa shape index (κ3) is 3.04. The molecular weight excluding hydrogens is 400 g/mol. The van der Waals surface area contributed by atoms with E-state index < -0.39 is 34.2 Å². The van der Waals surface area contributed by atoms with Crippen LogP contribution in [0.15, 0.2) is 48.5 Å². The molecular formula is C22H22N4O5. The Morgan fingerprint density at radius 1 is 1.16 bits per heavy atom. The fourth-order valence-electron chi connectivity index (χ4n) is 4.72. The van der Waals surface area contributed by atoms with Gasteiger partial charge in [0, 0.05) is 31.3 Å². The molecule has 31 heavy (non-hydrogen) atoms. The predicted octanol–water partition coefficient (Wildman–Crippen LogP) is 3.03. The van der Waals surface area contributed by atoms with Gasteiger partial charge in [0.1, 0.15) is 0 Å². The molecule has 2 aromatic carbocycles. The number of non-ortho nitro benzene ring substituents is 1. The Kier molecular flexibility index (Phi) is 4.96. The summed E-state index contributed by atoms with van der Waals surface area (Å²) in [6, 6.07) is 11.6. The zero-order chi connectivity index (χ0) is 22.3. The van der Waals surface area contributed by atoms with E-state index >= 15 is 0 Å². The van der Waals surface area contributed by atoms with Crippen LogP contribution in [0.3, 0.4) is 0 Å². The minimum Gasteiger partial charge on any atom is -0.370 e. The number of nitrogens with one attached hydrogen (secondary N) is 1. The van der Waals surface area contributed by atoms with E-state index in [1.165, 1.54) is 12.1 Å². The van der Waals surface area contributed by atoms with Crippen LogP contribution in [-0.2, 0) is 16.0 Å². The molecule has 0 aliphatic carbocycles. The van der Waals surface area contributed by atoms with Gasteiger partial charge in [-0.3, -0.25) is 25.0 Å². The van der Waals surface area contributed by atoms with E-state index in [2.05, 4.69) is 5.32 Å². The largest absolute Gasteiger partial charge is 0.370 e. The summed E-state index contributed by atoms with van der Waals surface area (Å²) in [5.41, 5.74) is -0.0830. The third-order valence-electron chi connectivity index (χ3n) is 6.15. The Hall–Kier alpha value is -3.75. The third-order valence-corrected chi connectivity index (χ3v) is 6.15. The number of urea groups is 1. The number of fused-ring (bicyclic) bond motifs is 1. The van der Waals surface area contributed by atoms with E-state index in [0.717, 1.165) is 10.6 Å². The van der Waals surface area contributed by atoms with Crippen molar-refractivity contribution in [3.05, 3.63) is 64.2 Å². The molecule has 9 heteroatoms. The molecule has 2 aliphatic heterocycles. The average molecular weight is 422 g/mol. The highest BCUT2D eigenvalue weighted by Gasteiger charge is 2.61. The smallest absolute Gasteiger partial charge is 0.335 e. The molecule has 1 N–H and O–H groups in total. The van der Waals surface area contributed by atoms with E-state index in [1.807, 2.05) is 11.8 Å². The second-order valence-electron chi connectivity index (χ2n) is 7.87. The Bertz CT molecular complexity index is 1090. The number of carbonyl (C=O) groups is 3. The van der Waals surface area contributed by atoms with E-state index in [-0.39, 0.29) is 12.1 Å². The van der Waals surface area contributed by atoms with Gasteiger partial charge in [0.05, 0.1) is 16.7 Å². The second-order valence-corrected chi connectivity index (χ2v) is 7.87. The Morgan fingerprint density at radius 2 is 1.87 bits per heavy atom. The van der Waals surface area contributed by atoms with Gasteiger partial charge in [0.25, 0.3) is 11.6 Å². The van der Waals surface area contributed by atoms with E-state index in [4.69, 9.17) is 0 Å². The minimum absolute atomic E-state index is 0.0275. The van der Waals surface area contributed by atoms with Crippen LogP contribution in [0.2, 0.25) is 0 Å². The van der Waals surface area contributed by atoms with Crippen molar-refractivity contribution in [3.8, 4) is 0 Å². The number of benzene rings is 2. The number of rotatable bonds is 4. The number of nitrogens with zero attached hydrogens (tertiary/aromatic N) is 3. The summed E-state index contributed by atoms with van der Waals surface area (Å²) in [7, 11) is 1.77. The lowest BCUT2D eigenvalue weighted by Gasteiger charge is -2.50. The monoisotopic (exact) mass is 422 g/mol. The van der Waals surface area contributed by atoms with Crippen LogP contribution < -0.4 is 15.1 Å². The van der Waals surface area contributed by atoms with Crippen molar-refractivity contribution in [2.24, 2.45) is 5.41 Å². The zero-order valence-corrected chi connectivity index (χ0v) is 17.2. The summed E-state index contributed by atoms with van der Waals surface area (Å²) < 4.78 is 0. The summed E-state index contributed by atoms with van der Waals surface area (Å²) in [4.78, 5) is 53.4. The number of carbonyl (C=O) groups excluding carboxylic acids is 3. The van der Waals surface area contributed by atoms with Gasteiger partial charge in [-0.2, -0.15) is 0 Å². The number of para-hydroxylation sites is 1. The predicted molar refractivity (Wildman–Crippen MR) is 114 cm³/mol. The van der Waals surface area contributed by atoms with Crippen molar-refractivity contribution < 1.29 is 19.3 Å². The number of imide groups is 2. The summed E-state index contributed by atoms with van der Waals surface area (Å²) in [6.45, 7) is 1.96. The number of barbiturate groups is 1. The number of anilines is 2. The van der Waals surface area contributed by atoms with Crippen LogP contribution in [0, 0.1) is 15.5 Å². The molecule has 0 bridgehead atoms. The van der Waals surface area contributed by atoms with Gasteiger partial charge in [0.15, 0.2) is 5.41 Å². The van der Waals surface area contributed by atoms with Crippen molar-refractivity contribution in [3.63, 3.8) is 0 Å². The Labute approximate surface area is 178 Å². The Balaban J connectivity index is 1.89. The fourth-order valence-corrected chi connectivity index (χ4v) is 4.72. The molecule has 1 saturated heterocycles. The Morgan fingerprint density at radius 3 is 2.52 bits per heavy atom. The average Bonchev–Trinajstić information content (AvgIpc) is 2.75.